The molecule has 1 N–H and O–H groups in total. The van der Waals surface area contributed by atoms with Gasteiger partial charge in [-0.05, 0) is 29.1 Å². The van der Waals surface area contributed by atoms with E-state index in [1.54, 1.807) is 24.3 Å². The molecule has 4 aromatic carbocycles. The molecule has 174 valence electrons. The number of benzene rings is 4. The number of nitrogens with zero attached hydrogens (tertiary/aromatic N) is 1. The van der Waals surface area contributed by atoms with E-state index in [1.807, 2.05) is 72.8 Å². The third kappa shape index (κ3) is 5.55. The molecule has 0 aliphatic heterocycles. The lowest BCUT2D eigenvalue weighted by Gasteiger charge is -2.24. The number of amides is 1. The van der Waals surface area contributed by atoms with Crippen LogP contribution in [-0.2, 0) is 16.6 Å². The van der Waals surface area contributed by atoms with E-state index in [4.69, 9.17) is 4.74 Å². The number of hydrogen-bond donors (Lipinski definition) is 1. The van der Waals surface area contributed by atoms with E-state index in [-0.39, 0.29) is 31.2 Å². The van der Waals surface area contributed by atoms with Crippen molar-refractivity contribution in [3.63, 3.8) is 0 Å². The number of carbonyl (C=O) groups excluding carboxylic acids is 1. The Bertz CT molecular complexity index is 1380. The quantitative estimate of drug-likeness (QED) is 0.359. The molecule has 0 spiro atoms. The van der Waals surface area contributed by atoms with Gasteiger partial charge in [-0.2, -0.15) is 0 Å². The maximum atomic E-state index is 13.0. The van der Waals surface area contributed by atoms with Gasteiger partial charge in [-0.1, -0.05) is 78.9 Å². The van der Waals surface area contributed by atoms with Crippen LogP contribution < -0.4 is 14.4 Å². The Kier molecular flexibility index (Phi) is 7.13. The summed E-state index contributed by atoms with van der Waals surface area (Å²) in [5, 5.41) is 4.93. The van der Waals surface area contributed by atoms with Crippen LogP contribution in [0.3, 0.4) is 0 Å². The molecule has 0 unspecified atom stereocenters. The standard InChI is InChI=1S/C27H26N2O4S/c1-34(31,32)29(20-21-10-3-2-4-11-21)25-16-8-7-15-24(25)27(30)28-18-19-33-26-17-9-13-22-12-5-6-14-23(22)26/h2-17H,18-20H2,1H3,(H,28,30). The summed E-state index contributed by atoms with van der Waals surface area (Å²) in [6.45, 7) is 0.684. The van der Waals surface area contributed by atoms with Crippen LogP contribution in [0, 0.1) is 0 Å². The average Bonchev–Trinajstić information content (AvgIpc) is 2.85. The van der Waals surface area contributed by atoms with Crippen molar-refractivity contribution < 1.29 is 17.9 Å². The predicted octanol–water partition coefficient (Wildman–Crippen LogP) is 4.61. The first-order valence-corrected chi connectivity index (χ1v) is 12.8. The molecule has 0 heterocycles. The number of nitrogens with one attached hydrogen (secondary N) is 1. The number of hydrogen-bond acceptors (Lipinski definition) is 4. The molecule has 0 aromatic heterocycles. The third-order valence-electron chi connectivity index (χ3n) is 5.38. The lowest BCUT2D eigenvalue weighted by molar-refractivity contribution is 0.0948. The van der Waals surface area contributed by atoms with Crippen molar-refractivity contribution >= 4 is 32.4 Å². The lowest BCUT2D eigenvalue weighted by atomic mass is 10.1. The second kappa shape index (κ2) is 10.4. The number of anilines is 1. The van der Waals surface area contributed by atoms with E-state index >= 15 is 0 Å². The van der Waals surface area contributed by atoms with Gasteiger partial charge in [0.2, 0.25) is 10.0 Å². The summed E-state index contributed by atoms with van der Waals surface area (Å²) in [7, 11) is -3.63. The Morgan fingerprint density at radius 1 is 0.853 bits per heavy atom. The topological polar surface area (TPSA) is 75.7 Å². The fourth-order valence-corrected chi connectivity index (χ4v) is 4.66. The van der Waals surface area contributed by atoms with E-state index in [0.29, 0.717) is 5.69 Å². The third-order valence-corrected chi connectivity index (χ3v) is 6.51. The minimum atomic E-state index is -3.63. The van der Waals surface area contributed by atoms with Gasteiger partial charge in [0, 0.05) is 5.39 Å². The first-order valence-electron chi connectivity index (χ1n) is 10.9. The first-order chi connectivity index (χ1) is 16.4. The van der Waals surface area contributed by atoms with Crippen molar-refractivity contribution in [2.45, 2.75) is 6.54 Å². The van der Waals surface area contributed by atoms with Crippen molar-refractivity contribution in [1.29, 1.82) is 0 Å². The van der Waals surface area contributed by atoms with E-state index < -0.39 is 10.0 Å². The van der Waals surface area contributed by atoms with Gasteiger partial charge in [0.15, 0.2) is 0 Å². The minimum absolute atomic E-state index is 0.133. The number of carbonyl (C=O) groups is 1. The van der Waals surface area contributed by atoms with E-state index in [9.17, 15) is 13.2 Å². The molecular formula is C27H26N2O4S. The van der Waals surface area contributed by atoms with Gasteiger partial charge in [-0.25, -0.2) is 8.42 Å². The maximum absolute atomic E-state index is 13.0. The zero-order valence-corrected chi connectivity index (χ0v) is 19.7. The monoisotopic (exact) mass is 474 g/mol. The number of sulfonamides is 1. The van der Waals surface area contributed by atoms with Gasteiger partial charge in [-0.15, -0.1) is 0 Å². The molecule has 6 nitrogen and oxygen atoms in total. The Balaban J connectivity index is 1.46. The molecule has 0 bridgehead atoms. The smallest absolute Gasteiger partial charge is 0.253 e. The van der Waals surface area contributed by atoms with Crippen LogP contribution in [0.4, 0.5) is 5.69 Å². The molecule has 34 heavy (non-hydrogen) atoms. The molecule has 0 aliphatic rings. The molecule has 0 saturated heterocycles. The second-order valence-corrected chi connectivity index (χ2v) is 9.76. The molecular weight excluding hydrogens is 448 g/mol. The van der Waals surface area contributed by atoms with Crippen molar-refractivity contribution in [1.82, 2.24) is 5.32 Å². The average molecular weight is 475 g/mol. The van der Waals surface area contributed by atoms with Gasteiger partial charge in [0.1, 0.15) is 12.4 Å². The Hall–Kier alpha value is -3.84. The fourth-order valence-electron chi connectivity index (χ4n) is 3.76. The maximum Gasteiger partial charge on any atom is 0.253 e. The van der Waals surface area contributed by atoms with Crippen molar-refractivity contribution in [2.75, 3.05) is 23.7 Å². The summed E-state index contributed by atoms with van der Waals surface area (Å²) >= 11 is 0. The van der Waals surface area contributed by atoms with Crippen molar-refractivity contribution in [3.8, 4) is 5.75 Å². The summed E-state index contributed by atoms with van der Waals surface area (Å²) in [6.07, 6.45) is 1.14. The van der Waals surface area contributed by atoms with Crippen LogP contribution in [0.1, 0.15) is 15.9 Å². The van der Waals surface area contributed by atoms with Crippen LogP contribution in [0.2, 0.25) is 0 Å². The number of para-hydroxylation sites is 1. The van der Waals surface area contributed by atoms with Gasteiger partial charge in [-0.3, -0.25) is 9.10 Å². The highest BCUT2D eigenvalue weighted by Crippen LogP contribution is 2.26. The Morgan fingerprint density at radius 2 is 1.53 bits per heavy atom. The molecule has 0 radical (unpaired) electrons. The fraction of sp³-hybridized carbons (Fsp3) is 0.148. The Morgan fingerprint density at radius 3 is 2.32 bits per heavy atom. The highest BCUT2D eigenvalue weighted by molar-refractivity contribution is 7.92. The van der Waals surface area contributed by atoms with Gasteiger partial charge in [0.05, 0.1) is 30.6 Å². The summed E-state index contributed by atoms with van der Waals surface area (Å²) in [4.78, 5) is 13.0. The SMILES string of the molecule is CS(=O)(=O)N(Cc1ccccc1)c1ccccc1C(=O)NCCOc1cccc2ccccc12. The van der Waals surface area contributed by atoms with Gasteiger partial charge >= 0.3 is 0 Å². The highest BCUT2D eigenvalue weighted by atomic mass is 32.2. The molecule has 0 fully saturated rings. The highest BCUT2D eigenvalue weighted by Gasteiger charge is 2.23. The van der Waals surface area contributed by atoms with Crippen LogP contribution in [0.15, 0.2) is 97.1 Å². The molecule has 1 amide bonds. The molecule has 4 aromatic rings. The Labute approximate surface area is 199 Å². The second-order valence-electron chi connectivity index (χ2n) is 7.85. The zero-order chi connectivity index (χ0) is 24.0. The van der Waals surface area contributed by atoms with Crippen molar-refractivity contribution in [2.24, 2.45) is 0 Å². The molecule has 0 atom stereocenters. The number of rotatable bonds is 9. The van der Waals surface area contributed by atoms with Crippen LogP contribution in [0.25, 0.3) is 10.8 Å². The van der Waals surface area contributed by atoms with Crippen LogP contribution in [0.5, 0.6) is 5.75 Å². The summed E-state index contributed by atoms with van der Waals surface area (Å²) in [6, 6.07) is 29.8. The zero-order valence-electron chi connectivity index (χ0n) is 18.8. The van der Waals surface area contributed by atoms with E-state index in [0.717, 1.165) is 28.3 Å². The first kappa shape index (κ1) is 23.3. The summed E-state index contributed by atoms with van der Waals surface area (Å²) in [5.41, 5.74) is 1.45. The molecule has 0 aliphatic carbocycles. The van der Waals surface area contributed by atoms with Gasteiger partial charge in [0.25, 0.3) is 5.91 Å². The van der Waals surface area contributed by atoms with Crippen molar-refractivity contribution in [3.05, 3.63) is 108 Å². The lowest BCUT2D eigenvalue weighted by Crippen LogP contribution is -2.33. The number of ether oxygens (including phenoxy) is 1. The summed E-state index contributed by atoms with van der Waals surface area (Å²) in [5.74, 6) is 0.387. The molecule has 4 rings (SSSR count). The molecule has 0 saturated carbocycles. The normalized spacial score (nSPS) is 11.2. The largest absolute Gasteiger partial charge is 0.491 e. The van der Waals surface area contributed by atoms with Crippen LogP contribution in [-0.4, -0.2) is 33.7 Å². The van der Waals surface area contributed by atoms with E-state index in [1.165, 1.54) is 4.31 Å². The van der Waals surface area contributed by atoms with E-state index in [2.05, 4.69) is 5.32 Å². The summed E-state index contributed by atoms with van der Waals surface area (Å²) < 4.78 is 32.4. The molecule has 7 heteroatoms. The minimum Gasteiger partial charge on any atom is -0.491 e. The van der Waals surface area contributed by atoms with Gasteiger partial charge < -0.3 is 10.1 Å². The predicted molar refractivity (Wildman–Crippen MR) is 136 cm³/mol. The van der Waals surface area contributed by atoms with Crippen LogP contribution >= 0.6 is 0 Å². The number of fused-ring (bicyclic) bond motifs is 1.